The Labute approximate surface area is 185 Å². The molecule has 1 unspecified atom stereocenters. The van der Waals surface area contributed by atoms with Crippen LogP contribution in [0.5, 0.6) is 0 Å². The molecule has 3 aliphatic rings. The number of nitrogens with zero attached hydrogens (tertiary/aromatic N) is 2. The van der Waals surface area contributed by atoms with E-state index in [2.05, 4.69) is 5.32 Å². The summed E-state index contributed by atoms with van der Waals surface area (Å²) in [6, 6.07) is 7.28. The van der Waals surface area contributed by atoms with E-state index < -0.39 is 10.0 Å². The van der Waals surface area contributed by atoms with Gasteiger partial charge in [-0.15, -0.1) is 0 Å². The van der Waals surface area contributed by atoms with Crippen molar-refractivity contribution in [3.05, 3.63) is 29.8 Å². The minimum absolute atomic E-state index is 0.0638. The van der Waals surface area contributed by atoms with E-state index in [0.29, 0.717) is 50.0 Å². The Hall–Kier alpha value is -1.93. The first-order valence-corrected chi connectivity index (χ1v) is 13.0. The Kier molecular flexibility index (Phi) is 6.96. The second kappa shape index (κ2) is 9.69. The van der Waals surface area contributed by atoms with Gasteiger partial charge in [0.15, 0.2) is 0 Å². The summed E-state index contributed by atoms with van der Waals surface area (Å²) >= 11 is 0. The van der Waals surface area contributed by atoms with E-state index in [1.807, 2.05) is 17.0 Å². The van der Waals surface area contributed by atoms with E-state index >= 15 is 0 Å². The van der Waals surface area contributed by atoms with Crippen molar-refractivity contribution in [2.45, 2.75) is 68.7 Å². The SMILES string of the molecule is O=C(NC1CC1)C1CCCN(C(=O)CCc2ccc(S(=O)(=O)N3CCCCC3)cc2)C1. The van der Waals surface area contributed by atoms with Gasteiger partial charge < -0.3 is 10.2 Å². The topological polar surface area (TPSA) is 86.8 Å². The number of nitrogens with one attached hydrogen (secondary N) is 1. The lowest BCUT2D eigenvalue weighted by atomic mass is 9.96. The zero-order valence-electron chi connectivity index (χ0n) is 18.1. The summed E-state index contributed by atoms with van der Waals surface area (Å²) in [5.41, 5.74) is 0.950. The van der Waals surface area contributed by atoms with Crippen molar-refractivity contribution < 1.29 is 18.0 Å². The molecule has 2 saturated heterocycles. The van der Waals surface area contributed by atoms with Crippen molar-refractivity contribution in [1.82, 2.24) is 14.5 Å². The molecule has 1 aromatic rings. The maximum absolute atomic E-state index is 12.8. The number of carbonyl (C=O) groups excluding carboxylic acids is 2. The molecule has 1 atom stereocenters. The Bertz CT molecular complexity index is 890. The highest BCUT2D eigenvalue weighted by Crippen LogP contribution is 2.24. The quantitative estimate of drug-likeness (QED) is 0.695. The molecule has 3 fully saturated rings. The maximum Gasteiger partial charge on any atom is 0.243 e. The highest BCUT2D eigenvalue weighted by molar-refractivity contribution is 7.89. The molecule has 2 heterocycles. The van der Waals surface area contributed by atoms with Gasteiger partial charge in [-0.1, -0.05) is 18.6 Å². The molecule has 0 spiro atoms. The summed E-state index contributed by atoms with van der Waals surface area (Å²) < 4.78 is 27.1. The Morgan fingerprint density at radius 3 is 2.32 bits per heavy atom. The molecule has 7 nitrogen and oxygen atoms in total. The molecule has 1 saturated carbocycles. The predicted molar refractivity (Wildman–Crippen MR) is 118 cm³/mol. The minimum atomic E-state index is -3.43. The molecule has 2 aliphatic heterocycles. The average Bonchev–Trinajstić information content (AvgIpc) is 3.62. The van der Waals surface area contributed by atoms with Gasteiger partial charge in [0, 0.05) is 38.6 Å². The lowest BCUT2D eigenvalue weighted by Crippen LogP contribution is -2.45. The van der Waals surface area contributed by atoms with Crippen molar-refractivity contribution in [2.24, 2.45) is 5.92 Å². The summed E-state index contributed by atoms with van der Waals surface area (Å²) in [7, 11) is -3.43. The monoisotopic (exact) mass is 447 g/mol. The molecule has 1 aliphatic carbocycles. The van der Waals surface area contributed by atoms with Crippen LogP contribution in [0.25, 0.3) is 0 Å². The van der Waals surface area contributed by atoms with E-state index in [1.165, 1.54) is 0 Å². The normalized spacial score (nSPS) is 22.8. The van der Waals surface area contributed by atoms with Crippen LogP contribution in [0.1, 0.15) is 56.9 Å². The van der Waals surface area contributed by atoms with Crippen LogP contribution in [0.15, 0.2) is 29.2 Å². The summed E-state index contributed by atoms with van der Waals surface area (Å²) in [6.45, 7) is 2.39. The summed E-state index contributed by atoms with van der Waals surface area (Å²) in [4.78, 5) is 27.2. The number of hydrogen-bond acceptors (Lipinski definition) is 4. The molecule has 0 bridgehead atoms. The number of likely N-dealkylation sites (tertiary alicyclic amines) is 1. The number of piperidine rings is 2. The van der Waals surface area contributed by atoms with E-state index in [1.54, 1.807) is 16.4 Å². The highest BCUT2D eigenvalue weighted by atomic mass is 32.2. The van der Waals surface area contributed by atoms with Gasteiger partial charge in [0.2, 0.25) is 21.8 Å². The highest BCUT2D eigenvalue weighted by Gasteiger charge is 2.32. The van der Waals surface area contributed by atoms with E-state index in [4.69, 9.17) is 0 Å². The third kappa shape index (κ3) is 5.66. The van der Waals surface area contributed by atoms with Crippen LogP contribution in [-0.2, 0) is 26.0 Å². The van der Waals surface area contributed by atoms with Crippen LogP contribution in [0.2, 0.25) is 0 Å². The lowest BCUT2D eigenvalue weighted by molar-refractivity contribution is -0.135. The first kappa shape index (κ1) is 22.3. The van der Waals surface area contributed by atoms with Crippen molar-refractivity contribution in [3.8, 4) is 0 Å². The number of amides is 2. The lowest BCUT2D eigenvalue weighted by Gasteiger charge is -2.32. The van der Waals surface area contributed by atoms with Crippen LogP contribution in [0.3, 0.4) is 0 Å². The number of benzene rings is 1. The van der Waals surface area contributed by atoms with Gasteiger partial charge in [0.05, 0.1) is 10.8 Å². The number of sulfonamides is 1. The largest absolute Gasteiger partial charge is 0.353 e. The van der Waals surface area contributed by atoms with E-state index in [0.717, 1.165) is 50.5 Å². The van der Waals surface area contributed by atoms with Crippen molar-refractivity contribution in [1.29, 1.82) is 0 Å². The fourth-order valence-electron chi connectivity index (χ4n) is 4.46. The van der Waals surface area contributed by atoms with Gasteiger partial charge in [-0.3, -0.25) is 9.59 Å². The summed E-state index contributed by atoms with van der Waals surface area (Å²) in [5.74, 6) is 0.0528. The van der Waals surface area contributed by atoms with Crippen LogP contribution in [0.4, 0.5) is 0 Å². The van der Waals surface area contributed by atoms with Gasteiger partial charge in [-0.2, -0.15) is 4.31 Å². The molecule has 1 N–H and O–H groups in total. The number of hydrogen-bond donors (Lipinski definition) is 1. The number of carbonyl (C=O) groups is 2. The fraction of sp³-hybridized carbons (Fsp3) is 0.652. The molecular formula is C23H33N3O4S. The first-order valence-electron chi connectivity index (χ1n) is 11.6. The van der Waals surface area contributed by atoms with Crippen LogP contribution < -0.4 is 5.32 Å². The van der Waals surface area contributed by atoms with Crippen molar-refractivity contribution in [3.63, 3.8) is 0 Å². The molecule has 0 aromatic heterocycles. The predicted octanol–water partition coefficient (Wildman–Crippen LogP) is 2.31. The third-order valence-electron chi connectivity index (χ3n) is 6.57. The Balaban J connectivity index is 1.28. The van der Waals surface area contributed by atoms with Gasteiger partial charge in [-0.25, -0.2) is 8.42 Å². The van der Waals surface area contributed by atoms with Crippen molar-refractivity contribution >= 4 is 21.8 Å². The maximum atomic E-state index is 12.8. The van der Waals surface area contributed by atoms with E-state index in [9.17, 15) is 18.0 Å². The van der Waals surface area contributed by atoms with Gasteiger partial charge in [0.1, 0.15) is 0 Å². The zero-order chi connectivity index (χ0) is 21.8. The minimum Gasteiger partial charge on any atom is -0.353 e. The van der Waals surface area contributed by atoms with Crippen LogP contribution in [-0.4, -0.2) is 61.7 Å². The van der Waals surface area contributed by atoms with Gasteiger partial charge in [-0.05, 0) is 62.6 Å². The second-order valence-corrected chi connectivity index (χ2v) is 11.0. The number of rotatable bonds is 7. The molecule has 31 heavy (non-hydrogen) atoms. The van der Waals surface area contributed by atoms with E-state index in [-0.39, 0.29) is 17.7 Å². The molecular weight excluding hydrogens is 414 g/mol. The fourth-order valence-corrected chi connectivity index (χ4v) is 5.97. The molecule has 170 valence electrons. The summed E-state index contributed by atoms with van der Waals surface area (Å²) in [5, 5.41) is 3.05. The smallest absolute Gasteiger partial charge is 0.243 e. The van der Waals surface area contributed by atoms with Gasteiger partial charge in [0.25, 0.3) is 0 Å². The van der Waals surface area contributed by atoms with Crippen LogP contribution in [0, 0.1) is 5.92 Å². The molecule has 0 radical (unpaired) electrons. The first-order chi connectivity index (χ1) is 14.9. The number of aryl methyl sites for hydroxylation is 1. The second-order valence-electron chi connectivity index (χ2n) is 9.07. The van der Waals surface area contributed by atoms with Crippen molar-refractivity contribution in [2.75, 3.05) is 26.2 Å². The average molecular weight is 448 g/mol. The summed E-state index contributed by atoms with van der Waals surface area (Å²) in [6.07, 6.45) is 7.69. The zero-order valence-corrected chi connectivity index (χ0v) is 18.9. The third-order valence-corrected chi connectivity index (χ3v) is 8.49. The molecule has 4 rings (SSSR count). The molecule has 8 heteroatoms. The van der Waals surface area contributed by atoms with Gasteiger partial charge >= 0.3 is 0 Å². The van der Waals surface area contributed by atoms with Crippen LogP contribution >= 0.6 is 0 Å². The molecule has 2 amide bonds. The Morgan fingerprint density at radius 1 is 0.935 bits per heavy atom. The standard InChI is InChI=1S/C23H33N3O4S/c27-22(25-14-4-5-19(17-25)23(28)24-20-9-10-20)13-8-18-6-11-21(12-7-18)31(29,30)26-15-2-1-3-16-26/h6-7,11-12,19-20H,1-5,8-10,13-17H2,(H,24,28). The molecule has 1 aromatic carbocycles. The Morgan fingerprint density at radius 2 is 1.65 bits per heavy atom.